The Morgan fingerprint density at radius 3 is 2.94 bits per heavy atom. The van der Waals surface area contributed by atoms with E-state index in [1.54, 1.807) is 0 Å². The van der Waals surface area contributed by atoms with Gasteiger partial charge in [0.05, 0.1) is 28.6 Å². The molecule has 0 spiro atoms. The maximum atomic E-state index is 12.8. The molecule has 1 atom stereocenters. The lowest BCUT2D eigenvalue weighted by Gasteiger charge is -2.24. The summed E-state index contributed by atoms with van der Waals surface area (Å²) in [6.45, 7) is 1.35. The number of thioether (sulfide) groups is 1. The lowest BCUT2D eigenvalue weighted by molar-refractivity contribution is -0.113. The van der Waals surface area contributed by atoms with Gasteiger partial charge in [0.25, 0.3) is 0 Å². The molecule has 5 rings (SSSR count). The zero-order valence-electron chi connectivity index (χ0n) is 17.1. The van der Waals surface area contributed by atoms with Crippen molar-refractivity contribution >= 4 is 44.4 Å². The fraction of sp³-hybridized carbons (Fsp3) is 0.455. The number of carbonyl (C=O) groups is 1. The Bertz CT molecular complexity index is 1130. The second kappa shape index (κ2) is 9.10. The van der Waals surface area contributed by atoms with Gasteiger partial charge in [-0.2, -0.15) is 4.98 Å². The predicted octanol–water partition coefficient (Wildman–Crippen LogP) is 3.64. The monoisotopic (exact) mass is 456 g/mol. The lowest BCUT2D eigenvalue weighted by Crippen LogP contribution is -2.34. The van der Waals surface area contributed by atoms with E-state index >= 15 is 0 Å². The van der Waals surface area contributed by atoms with Crippen LogP contribution in [-0.2, 0) is 28.9 Å². The number of thiazole rings is 1. The molecule has 9 heteroatoms. The van der Waals surface area contributed by atoms with E-state index in [9.17, 15) is 9.59 Å². The summed E-state index contributed by atoms with van der Waals surface area (Å²) < 4.78 is 8.59. The van der Waals surface area contributed by atoms with Crippen molar-refractivity contribution in [3.05, 3.63) is 46.0 Å². The molecule has 1 aliphatic carbocycles. The number of carbonyl (C=O) groups excluding carboxylic acids is 1. The highest BCUT2D eigenvalue weighted by molar-refractivity contribution is 8.00. The Kier molecular flexibility index (Phi) is 6.06. The second-order valence-corrected chi connectivity index (χ2v) is 9.90. The van der Waals surface area contributed by atoms with E-state index in [0.29, 0.717) is 16.7 Å². The van der Waals surface area contributed by atoms with Crippen molar-refractivity contribution in [3.63, 3.8) is 0 Å². The minimum atomic E-state index is -0.231. The van der Waals surface area contributed by atoms with Gasteiger partial charge in [-0.15, -0.1) is 0 Å². The van der Waals surface area contributed by atoms with Gasteiger partial charge in [-0.05, 0) is 50.7 Å². The van der Waals surface area contributed by atoms with E-state index in [1.807, 2.05) is 28.8 Å². The molecule has 1 aliphatic heterocycles. The Labute approximate surface area is 188 Å². The minimum absolute atomic E-state index is 0.101. The molecule has 2 aliphatic rings. The van der Waals surface area contributed by atoms with Crippen molar-refractivity contribution in [1.29, 1.82) is 0 Å². The smallest absolute Gasteiger partial charge is 0.348 e. The first-order valence-electron chi connectivity index (χ1n) is 10.7. The summed E-state index contributed by atoms with van der Waals surface area (Å²) in [5.74, 6) is 0.0591. The summed E-state index contributed by atoms with van der Waals surface area (Å²) in [7, 11) is 0. The molecule has 1 fully saturated rings. The van der Waals surface area contributed by atoms with Gasteiger partial charge >= 0.3 is 5.69 Å². The average Bonchev–Trinajstić information content (AvgIpc) is 3.43. The average molecular weight is 457 g/mol. The number of amides is 1. The maximum Gasteiger partial charge on any atom is 0.348 e. The number of nitrogens with zero attached hydrogens (tertiary/aromatic N) is 3. The van der Waals surface area contributed by atoms with E-state index in [-0.39, 0.29) is 23.5 Å². The van der Waals surface area contributed by atoms with Crippen LogP contribution in [0.2, 0.25) is 0 Å². The number of benzene rings is 1. The molecule has 31 heavy (non-hydrogen) atoms. The SMILES string of the molecule is O=C(CSc1nc(=O)n(C[C@H]2CCCO2)c2c1CCCC2)Nc1nc2ccccc2s1. The van der Waals surface area contributed by atoms with Crippen molar-refractivity contribution < 1.29 is 9.53 Å². The normalized spacial score (nSPS) is 18.3. The van der Waals surface area contributed by atoms with Crippen molar-refractivity contribution in [2.24, 2.45) is 0 Å². The molecule has 1 saturated heterocycles. The standard InChI is InChI=1S/C22H24N4O3S2/c27-19(24-21-23-16-8-2-4-10-18(16)31-21)13-30-20-15-7-1-3-9-17(15)26(22(28)25-20)12-14-6-5-11-29-14/h2,4,8,10,14H,1,3,5-7,9,11-13H2,(H,23,24,27)/t14-/m1/s1. The summed E-state index contributed by atoms with van der Waals surface area (Å²) in [4.78, 5) is 34.1. The lowest BCUT2D eigenvalue weighted by atomic mass is 9.97. The molecule has 3 heterocycles. The van der Waals surface area contributed by atoms with Crippen molar-refractivity contribution in [3.8, 4) is 0 Å². The number of rotatable bonds is 6. The van der Waals surface area contributed by atoms with Crippen LogP contribution in [0.25, 0.3) is 10.2 Å². The van der Waals surface area contributed by atoms with Crippen molar-refractivity contribution in [1.82, 2.24) is 14.5 Å². The largest absolute Gasteiger partial charge is 0.376 e. The molecule has 2 aromatic heterocycles. The third-order valence-corrected chi connectivity index (χ3v) is 7.71. The second-order valence-electron chi connectivity index (χ2n) is 7.90. The van der Waals surface area contributed by atoms with Crippen molar-refractivity contribution in [2.45, 2.75) is 56.2 Å². The first-order chi connectivity index (χ1) is 15.2. The third kappa shape index (κ3) is 4.53. The molecule has 1 aromatic carbocycles. The molecule has 1 amide bonds. The van der Waals surface area contributed by atoms with E-state index in [0.717, 1.165) is 66.6 Å². The van der Waals surface area contributed by atoms with Gasteiger partial charge in [0.2, 0.25) is 5.91 Å². The number of ether oxygens (including phenoxy) is 1. The topological polar surface area (TPSA) is 86.1 Å². The van der Waals surface area contributed by atoms with E-state index in [1.165, 1.54) is 23.1 Å². The summed E-state index contributed by atoms with van der Waals surface area (Å²) in [6, 6.07) is 7.80. The van der Waals surface area contributed by atoms with Gasteiger partial charge < -0.3 is 10.1 Å². The molecule has 0 saturated carbocycles. The van der Waals surface area contributed by atoms with Crippen LogP contribution in [0.3, 0.4) is 0 Å². The maximum absolute atomic E-state index is 12.8. The molecule has 0 unspecified atom stereocenters. The van der Waals surface area contributed by atoms with Gasteiger partial charge in [-0.25, -0.2) is 9.78 Å². The first kappa shape index (κ1) is 20.7. The van der Waals surface area contributed by atoms with Gasteiger partial charge in [-0.3, -0.25) is 9.36 Å². The summed E-state index contributed by atoms with van der Waals surface area (Å²) in [5.41, 5.74) is 2.85. The fourth-order valence-electron chi connectivity index (χ4n) is 4.26. The van der Waals surface area contributed by atoms with Crippen LogP contribution in [0.5, 0.6) is 0 Å². The highest BCUT2D eigenvalue weighted by Gasteiger charge is 2.24. The highest BCUT2D eigenvalue weighted by atomic mass is 32.2. The highest BCUT2D eigenvalue weighted by Crippen LogP contribution is 2.30. The number of para-hydroxylation sites is 1. The quantitative estimate of drug-likeness (QED) is 0.450. The molecular formula is C22H24N4O3S2. The van der Waals surface area contributed by atoms with Crippen LogP contribution in [0.4, 0.5) is 5.13 Å². The minimum Gasteiger partial charge on any atom is -0.376 e. The van der Waals surface area contributed by atoms with Crippen LogP contribution in [0.15, 0.2) is 34.1 Å². The van der Waals surface area contributed by atoms with Crippen LogP contribution >= 0.6 is 23.1 Å². The number of hydrogen-bond acceptors (Lipinski definition) is 7. The van der Waals surface area contributed by atoms with Crippen molar-refractivity contribution in [2.75, 3.05) is 17.7 Å². The van der Waals surface area contributed by atoms with Crippen LogP contribution in [0, 0.1) is 0 Å². The fourth-order valence-corrected chi connectivity index (χ4v) is 6.02. The van der Waals surface area contributed by atoms with Crippen LogP contribution < -0.4 is 11.0 Å². The zero-order valence-corrected chi connectivity index (χ0v) is 18.8. The van der Waals surface area contributed by atoms with Gasteiger partial charge in [0.15, 0.2) is 5.13 Å². The van der Waals surface area contributed by atoms with E-state index in [2.05, 4.69) is 15.3 Å². The van der Waals surface area contributed by atoms with Gasteiger partial charge in [0.1, 0.15) is 5.03 Å². The third-order valence-electron chi connectivity index (χ3n) is 5.74. The van der Waals surface area contributed by atoms with Crippen LogP contribution in [0.1, 0.15) is 36.9 Å². The number of anilines is 1. The number of fused-ring (bicyclic) bond motifs is 2. The van der Waals surface area contributed by atoms with E-state index in [4.69, 9.17) is 4.74 Å². The molecule has 7 nitrogen and oxygen atoms in total. The number of nitrogens with one attached hydrogen (secondary N) is 1. The Morgan fingerprint density at radius 1 is 1.23 bits per heavy atom. The Balaban J connectivity index is 1.31. The molecule has 3 aromatic rings. The first-order valence-corrected chi connectivity index (χ1v) is 12.5. The molecule has 0 bridgehead atoms. The Morgan fingerprint density at radius 2 is 2.10 bits per heavy atom. The summed E-state index contributed by atoms with van der Waals surface area (Å²) in [6.07, 6.45) is 6.07. The molecule has 1 N–H and O–H groups in total. The number of hydrogen-bond donors (Lipinski definition) is 1. The Hall–Kier alpha value is -2.23. The van der Waals surface area contributed by atoms with Crippen LogP contribution in [-0.4, -0.2) is 38.9 Å². The van der Waals surface area contributed by atoms with Gasteiger partial charge in [0, 0.05) is 17.9 Å². The molecule has 0 radical (unpaired) electrons. The zero-order chi connectivity index (χ0) is 21.2. The van der Waals surface area contributed by atoms with E-state index < -0.39 is 0 Å². The van der Waals surface area contributed by atoms with Gasteiger partial charge in [-0.1, -0.05) is 35.2 Å². The number of aromatic nitrogens is 3. The predicted molar refractivity (Wildman–Crippen MR) is 123 cm³/mol. The molecule has 162 valence electrons. The summed E-state index contributed by atoms with van der Waals surface area (Å²) >= 11 is 2.80. The molecular weight excluding hydrogens is 432 g/mol. The summed E-state index contributed by atoms with van der Waals surface area (Å²) in [5, 5.41) is 4.16.